The summed E-state index contributed by atoms with van der Waals surface area (Å²) in [6.07, 6.45) is 5.26. The number of hydrogen-bond acceptors (Lipinski definition) is 4. The van der Waals surface area contributed by atoms with E-state index in [0.29, 0.717) is 22.5 Å². The van der Waals surface area contributed by atoms with Crippen LogP contribution in [0.3, 0.4) is 0 Å². The first-order valence-corrected chi connectivity index (χ1v) is 26.1. The average Bonchev–Trinajstić information content (AvgIpc) is 4.05. The van der Waals surface area contributed by atoms with E-state index in [9.17, 15) is 1.37 Å². The minimum absolute atomic E-state index is 0. The molecule has 1 saturated carbocycles. The Morgan fingerprint density at radius 3 is 2.12 bits per heavy atom. The third-order valence-electron chi connectivity index (χ3n) is 15.1. The van der Waals surface area contributed by atoms with Gasteiger partial charge in [-0.3, -0.25) is 15.0 Å². The number of furan rings is 1. The van der Waals surface area contributed by atoms with E-state index < -0.39 is 25.0 Å². The number of nitrogens with zero attached hydrogens (tertiary/aromatic N) is 4. The fourth-order valence-corrected chi connectivity index (χ4v) is 10.9. The molecule has 11 aromatic rings. The van der Waals surface area contributed by atoms with E-state index in [1.54, 1.807) is 6.07 Å². The van der Waals surface area contributed by atoms with E-state index in [2.05, 4.69) is 183 Å². The largest absolute Gasteiger partial charge is 0.501 e. The first-order chi connectivity index (χ1) is 38.3. The van der Waals surface area contributed by atoms with Gasteiger partial charge in [0.2, 0.25) is 0 Å². The van der Waals surface area contributed by atoms with E-state index in [1.807, 2.05) is 26.8 Å². The Bertz CT molecular complexity index is 4150. The monoisotopic (exact) mass is 1170 g/mol. The summed E-state index contributed by atoms with van der Waals surface area (Å²) in [7, 11) is 0. The molecule has 1 radical (unpaired) electrons. The molecule has 75 heavy (non-hydrogen) atoms. The zero-order valence-corrected chi connectivity index (χ0v) is 46.8. The van der Waals surface area contributed by atoms with Crippen molar-refractivity contribution in [3.63, 3.8) is 0 Å². The second kappa shape index (κ2) is 20.4. The summed E-state index contributed by atoms with van der Waals surface area (Å²) in [4.78, 5) is 13.9. The Kier molecular flexibility index (Phi) is 11.9. The summed E-state index contributed by atoms with van der Waals surface area (Å²) in [6, 6.07) is 54.7. The fraction of sp³-hybridized carbons (Fsp3) is 0.290. The smallest absolute Gasteiger partial charge is 0.121 e. The van der Waals surface area contributed by atoms with Crippen molar-refractivity contribution >= 4 is 54.5 Å². The van der Waals surface area contributed by atoms with Crippen LogP contribution in [0.15, 0.2) is 150 Å². The predicted octanol–water partition coefficient (Wildman–Crippen LogP) is 19.2. The van der Waals surface area contributed by atoms with Crippen LogP contribution in [0, 0.1) is 31.3 Å². The summed E-state index contributed by atoms with van der Waals surface area (Å²) in [5, 5.41) is 6.82. The minimum atomic E-state index is -2.30. The molecule has 0 amide bonds. The predicted molar refractivity (Wildman–Crippen MR) is 311 cm³/mol. The van der Waals surface area contributed by atoms with Gasteiger partial charge in [0.05, 0.1) is 28.3 Å². The fourth-order valence-electron chi connectivity index (χ4n) is 10.9. The van der Waals surface area contributed by atoms with Gasteiger partial charge in [0, 0.05) is 58.1 Å². The molecule has 6 heteroatoms. The molecule has 1 aliphatic rings. The molecule has 1 aliphatic carbocycles. The van der Waals surface area contributed by atoms with Gasteiger partial charge in [-0.05, 0) is 147 Å². The second-order valence-electron chi connectivity index (χ2n) is 22.7. The van der Waals surface area contributed by atoms with Crippen molar-refractivity contribution in [1.29, 1.82) is 0 Å². The molecular formula is C69H68IrN4O-2. The molecule has 5 nitrogen and oxygen atoms in total. The van der Waals surface area contributed by atoms with Crippen molar-refractivity contribution in [2.24, 2.45) is 5.41 Å². The number of imidazole rings is 1. The Balaban J connectivity index is 0.000000254. The van der Waals surface area contributed by atoms with Crippen molar-refractivity contribution < 1.29 is 34.1 Å². The quantitative estimate of drug-likeness (QED) is 0.118. The van der Waals surface area contributed by atoms with Crippen molar-refractivity contribution in [3.05, 3.63) is 191 Å². The van der Waals surface area contributed by atoms with Gasteiger partial charge in [-0.25, -0.2) is 0 Å². The first-order valence-electron chi connectivity index (χ1n) is 29.6. The number of aromatic nitrogens is 4. The van der Waals surface area contributed by atoms with Crippen molar-refractivity contribution in [3.8, 4) is 39.6 Å². The molecule has 0 saturated heterocycles. The summed E-state index contributed by atoms with van der Waals surface area (Å²) in [5.74, 6) is 1.12. The molecule has 0 N–H and O–H groups in total. The molecular weight excluding hydrogens is 1090 g/mol. The number of rotatable bonds is 7. The van der Waals surface area contributed by atoms with Gasteiger partial charge in [0.1, 0.15) is 5.58 Å². The van der Waals surface area contributed by atoms with Gasteiger partial charge < -0.3 is 8.98 Å². The number of aryl methyl sites for hydroxylation is 2. The van der Waals surface area contributed by atoms with E-state index in [0.717, 1.165) is 81.0 Å². The van der Waals surface area contributed by atoms with Crippen LogP contribution in [0.4, 0.5) is 0 Å². The van der Waals surface area contributed by atoms with Gasteiger partial charge in [-0.1, -0.05) is 153 Å². The minimum Gasteiger partial charge on any atom is -0.501 e. The SMILES string of the molecule is [2H]C([2H])([2H])c1c[c-]c(-c2ncc(C([2H])([2H])[2H])c(C(C)(C)C)n2)cc1.[2H]C1(c2ccc3ccc4cc5c(cc4c3c2)oc2c(-c3nc4ccccc4n3-c3c(C(C)C)cc(-c4ccccc4)cc3C(C)C)[c-]ccc25)CCC(C)(C)CC1.[Ir]. The van der Waals surface area contributed by atoms with Crippen molar-refractivity contribution in [2.75, 3.05) is 0 Å². The molecule has 3 heterocycles. The Morgan fingerprint density at radius 1 is 0.720 bits per heavy atom. The third-order valence-corrected chi connectivity index (χ3v) is 15.1. The van der Waals surface area contributed by atoms with Crippen LogP contribution in [0.5, 0.6) is 0 Å². The van der Waals surface area contributed by atoms with Crippen molar-refractivity contribution in [2.45, 2.75) is 125 Å². The van der Waals surface area contributed by atoms with E-state index in [1.165, 1.54) is 62.4 Å². The maximum Gasteiger partial charge on any atom is 0.121 e. The second-order valence-corrected chi connectivity index (χ2v) is 22.7. The van der Waals surface area contributed by atoms with Crippen LogP contribution in [0.2, 0.25) is 0 Å². The van der Waals surface area contributed by atoms with Gasteiger partial charge in [0.25, 0.3) is 0 Å². The molecule has 0 unspecified atom stereocenters. The molecule has 12 rings (SSSR count). The number of fused-ring (bicyclic) bond motifs is 7. The molecule has 0 bridgehead atoms. The Labute approximate surface area is 467 Å². The average molecular weight is 1170 g/mol. The molecule has 0 atom stereocenters. The van der Waals surface area contributed by atoms with E-state index in [-0.39, 0.29) is 43.1 Å². The van der Waals surface area contributed by atoms with Crippen LogP contribution in [-0.4, -0.2) is 19.5 Å². The van der Waals surface area contributed by atoms with Gasteiger partial charge in [0.15, 0.2) is 0 Å². The van der Waals surface area contributed by atoms with Crippen LogP contribution in [0.25, 0.3) is 94.1 Å². The maximum absolute atomic E-state index is 9.54. The van der Waals surface area contributed by atoms with Gasteiger partial charge in [-0.15, -0.1) is 53.6 Å². The molecule has 3 aromatic heterocycles. The van der Waals surface area contributed by atoms with Crippen molar-refractivity contribution in [1.82, 2.24) is 19.5 Å². The van der Waals surface area contributed by atoms with E-state index >= 15 is 0 Å². The van der Waals surface area contributed by atoms with Crippen LogP contribution < -0.4 is 0 Å². The maximum atomic E-state index is 9.54. The Morgan fingerprint density at radius 2 is 1.43 bits per heavy atom. The molecule has 0 aliphatic heterocycles. The number of para-hydroxylation sites is 2. The summed E-state index contributed by atoms with van der Waals surface area (Å²) < 4.78 is 64.0. The third kappa shape index (κ3) is 10.0. The summed E-state index contributed by atoms with van der Waals surface area (Å²) in [6.45, 7) is 15.0. The molecule has 1 fully saturated rings. The van der Waals surface area contributed by atoms with Crippen LogP contribution in [-0.2, 0) is 25.5 Å². The topological polar surface area (TPSA) is 56.7 Å². The molecule has 8 aromatic carbocycles. The Hall–Kier alpha value is -6.72. The number of hydrogen-bond donors (Lipinski definition) is 0. The molecule has 0 spiro atoms. The zero-order valence-electron chi connectivity index (χ0n) is 51.4. The molecule has 381 valence electrons. The van der Waals surface area contributed by atoms with Crippen LogP contribution >= 0.6 is 0 Å². The van der Waals surface area contributed by atoms with E-state index in [4.69, 9.17) is 17.6 Å². The first kappa shape index (κ1) is 43.5. The van der Waals surface area contributed by atoms with Crippen LogP contribution in [0.1, 0.15) is 149 Å². The normalized spacial score (nSPS) is 16.2. The zero-order chi connectivity index (χ0) is 57.6. The van der Waals surface area contributed by atoms with Gasteiger partial charge >= 0.3 is 0 Å². The standard InChI is InChI=1S/C53H49N2O.C16H19N2.Ir/c1-32(2)42-29-39(34-13-8-7-9-14-34)30-43(33(3)4)50(42)55-48-18-11-10-17-47(48)54-52(55)41-16-12-15-40-46-28-38-22-20-36-19-21-37(35-23-25-53(5,6)26-24-35)27-44(36)45(38)31-49(46)56-51(40)41;1-11-6-8-13(9-7-11)15-17-10-12(2)14(18-15)16(3,4)5;/h7-15,17-22,27-33,35H,23-26H2,1-6H3;6-8,10H,1-5H3;/q2*-1;/i35D;1D3,2D3;. The van der Waals surface area contributed by atoms with Gasteiger partial charge in [-0.2, -0.15) is 0 Å². The summed E-state index contributed by atoms with van der Waals surface area (Å²) >= 11 is 0. The summed E-state index contributed by atoms with van der Waals surface area (Å²) in [5.41, 5.74) is 12.9. The number of benzene rings is 8.